The van der Waals surface area contributed by atoms with Gasteiger partial charge in [-0.15, -0.1) is 5.10 Å². The Labute approximate surface area is 118 Å². The summed E-state index contributed by atoms with van der Waals surface area (Å²) in [5.41, 5.74) is 2.11. The molecule has 1 aliphatic rings. The van der Waals surface area contributed by atoms with Crippen LogP contribution in [0.3, 0.4) is 0 Å². The van der Waals surface area contributed by atoms with Crippen molar-refractivity contribution in [2.45, 2.75) is 45.4 Å². The largest absolute Gasteiger partial charge is 0.488 e. The number of aromatic nitrogens is 3. The third kappa shape index (κ3) is 2.54. The third-order valence-corrected chi connectivity index (χ3v) is 3.51. The number of ether oxygens (including phenoxy) is 1. The van der Waals surface area contributed by atoms with E-state index in [0.29, 0.717) is 12.2 Å². The lowest BCUT2D eigenvalue weighted by Crippen LogP contribution is -2.21. The van der Waals surface area contributed by atoms with Crippen molar-refractivity contribution in [2.24, 2.45) is 0 Å². The molecule has 0 saturated carbocycles. The molecule has 0 fully saturated rings. The van der Waals surface area contributed by atoms with Gasteiger partial charge in [-0.3, -0.25) is 0 Å². The number of nitrogens with zero attached hydrogens (tertiary/aromatic N) is 3. The summed E-state index contributed by atoms with van der Waals surface area (Å²) in [5.74, 6) is 0.962. The van der Waals surface area contributed by atoms with Gasteiger partial charge in [0.25, 0.3) is 0 Å². The molecule has 0 spiro atoms. The van der Waals surface area contributed by atoms with Crippen LogP contribution in [0.25, 0.3) is 0 Å². The quantitative estimate of drug-likeness (QED) is 0.926. The molecule has 0 amide bonds. The number of aryl methyl sites for hydroxylation is 1. The highest BCUT2D eigenvalue weighted by molar-refractivity contribution is 5.40. The molecule has 0 radical (unpaired) electrons. The zero-order valence-electron chi connectivity index (χ0n) is 12.0. The second-order valence-corrected chi connectivity index (χ2v) is 5.94. The van der Waals surface area contributed by atoms with Gasteiger partial charge in [-0.25, -0.2) is 4.68 Å². The Kier molecular flexibility index (Phi) is 3.01. The van der Waals surface area contributed by atoms with Gasteiger partial charge >= 0.3 is 0 Å². The Balaban J connectivity index is 1.70. The fourth-order valence-corrected chi connectivity index (χ4v) is 2.43. The average Bonchev–Trinajstić information content (AvgIpc) is 2.94. The van der Waals surface area contributed by atoms with Crippen molar-refractivity contribution in [1.82, 2.24) is 15.0 Å². The number of fused-ring (bicyclic) bond motifs is 1. The minimum atomic E-state index is -0.963. The Morgan fingerprint density at radius 2 is 2.25 bits per heavy atom. The highest BCUT2D eigenvalue weighted by Gasteiger charge is 2.25. The van der Waals surface area contributed by atoms with Crippen molar-refractivity contribution in [3.8, 4) is 5.75 Å². The highest BCUT2D eigenvalue weighted by Crippen LogP contribution is 2.30. The van der Waals surface area contributed by atoms with E-state index in [-0.39, 0.29) is 6.10 Å². The van der Waals surface area contributed by atoms with E-state index in [0.717, 1.165) is 12.2 Å². The molecular formula is C15H19N3O2. The third-order valence-electron chi connectivity index (χ3n) is 3.51. The SMILES string of the molecule is Cc1ccc2c(c1)CC(Cn1cc(C(C)(C)O)nn1)O2. The molecule has 1 aliphatic heterocycles. The summed E-state index contributed by atoms with van der Waals surface area (Å²) >= 11 is 0. The minimum Gasteiger partial charge on any atom is -0.488 e. The van der Waals surface area contributed by atoms with Crippen LogP contribution < -0.4 is 4.74 Å². The normalized spacial score (nSPS) is 17.9. The van der Waals surface area contributed by atoms with Crippen molar-refractivity contribution in [2.75, 3.05) is 0 Å². The van der Waals surface area contributed by atoms with Crippen LogP contribution in [0.2, 0.25) is 0 Å². The lowest BCUT2D eigenvalue weighted by atomic mass is 10.1. The highest BCUT2D eigenvalue weighted by atomic mass is 16.5. The maximum absolute atomic E-state index is 9.89. The van der Waals surface area contributed by atoms with Crippen molar-refractivity contribution in [1.29, 1.82) is 0 Å². The second kappa shape index (κ2) is 4.59. The molecule has 1 aromatic heterocycles. The van der Waals surface area contributed by atoms with Crippen LogP contribution in [0.4, 0.5) is 0 Å². The lowest BCUT2D eigenvalue weighted by molar-refractivity contribution is 0.0737. The number of aliphatic hydroxyl groups is 1. The van der Waals surface area contributed by atoms with Gasteiger partial charge < -0.3 is 9.84 Å². The molecule has 1 atom stereocenters. The zero-order valence-corrected chi connectivity index (χ0v) is 12.0. The van der Waals surface area contributed by atoms with E-state index in [4.69, 9.17) is 4.74 Å². The smallest absolute Gasteiger partial charge is 0.123 e. The molecule has 1 N–H and O–H groups in total. The van der Waals surface area contributed by atoms with Gasteiger partial charge in [0.15, 0.2) is 0 Å². The summed E-state index contributed by atoms with van der Waals surface area (Å²) in [4.78, 5) is 0. The molecule has 20 heavy (non-hydrogen) atoms. The summed E-state index contributed by atoms with van der Waals surface area (Å²) < 4.78 is 7.64. The summed E-state index contributed by atoms with van der Waals surface area (Å²) in [5, 5.41) is 17.9. The first-order valence-electron chi connectivity index (χ1n) is 6.81. The molecule has 1 unspecified atom stereocenters. The molecule has 106 valence electrons. The molecule has 2 aromatic rings. The van der Waals surface area contributed by atoms with Crippen LogP contribution in [0, 0.1) is 6.92 Å². The number of benzene rings is 1. The molecule has 0 aliphatic carbocycles. The average molecular weight is 273 g/mol. The van der Waals surface area contributed by atoms with E-state index in [1.807, 2.05) is 6.07 Å². The Morgan fingerprint density at radius 3 is 2.95 bits per heavy atom. The fourth-order valence-electron chi connectivity index (χ4n) is 2.43. The van der Waals surface area contributed by atoms with Crippen molar-refractivity contribution >= 4 is 0 Å². The number of hydrogen-bond acceptors (Lipinski definition) is 4. The lowest BCUT2D eigenvalue weighted by Gasteiger charge is -2.12. The first-order valence-corrected chi connectivity index (χ1v) is 6.81. The molecular weight excluding hydrogens is 254 g/mol. The summed E-state index contributed by atoms with van der Waals surface area (Å²) in [7, 11) is 0. The molecule has 1 aromatic carbocycles. The summed E-state index contributed by atoms with van der Waals surface area (Å²) in [6.45, 7) is 6.12. The van der Waals surface area contributed by atoms with Gasteiger partial charge in [-0.05, 0) is 32.4 Å². The van der Waals surface area contributed by atoms with Crippen LogP contribution in [0.1, 0.15) is 30.7 Å². The van der Waals surface area contributed by atoms with Crippen molar-refractivity contribution in [3.63, 3.8) is 0 Å². The van der Waals surface area contributed by atoms with E-state index in [2.05, 4.69) is 29.4 Å². The van der Waals surface area contributed by atoms with Crippen molar-refractivity contribution in [3.05, 3.63) is 41.2 Å². The van der Waals surface area contributed by atoms with Gasteiger partial charge in [0.2, 0.25) is 0 Å². The predicted octanol–water partition coefficient (Wildman–Crippen LogP) is 1.82. The van der Waals surface area contributed by atoms with Crippen molar-refractivity contribution < 1.29 is 9.84 Å². The molecule has 2 heterocycles. The van der Waals surface area contributed by atoms with Crippen LogP contribution in [0.15, 0.2) is 24.4 Å². The predicted molar refractivity (Wildman–Crippen MR) is 74.6 cm³/mol. The summed E-state index contributed by atoms with van der Waals surface area (Å²) in [6, 6.07) is 6.25. The number of rotatable bonds is 3. The molecule has 5 heteroatoms. The Morgan fingerprint density at radius 1 is 1.45 bits per heavy atom. The number of hydrogen-bond donors (Lipinski definition) is 1. The maximum atomic E-state index is 9.89. The van der Waals surface area contributed by atoms with Gasteiger partial charge in [0.1, 0.15) is 23.1 Å². The van der Waals surface area contributed by atoms with E-state index in [1.165, 1.54) is 11.1 Å². The minimum absolute atomic E-state index is 0.0724. The zero-order chi connectivity index (χ0) is 14.3. The Bertz CT molecular complexity index is 628. The monoisotopic (exact) mass is 273 g/mol. The van der Waals surface area contributed by atoms with Crippen LogP contribution in [0.5, 0.6) is 5.75 Å². The topological polar surface area (TPSA) is 60.2 Å². The van der Waals surface area contributed by atoms with Crippen LogP contribution >= 0.6 is 0 Å². The van der Waals surface area contributed by atoms with Gasteiger partial charge in [0, 0.05) is 6.42 Å². The van der Waals surface area contributed by atoms with E-state index >= 15 is 0 Å². The van der Waals surface area contributed by atoms with Gasteiger partial charge in [-0.1, -0.05) is 22.9 Å². The first-order chi connectivity index (χ1) is 9.41. The molecule has 0 bridgehead atoms. The maximum Gasteiger partial charge on any atom is 0.123 e. The molecule has 5 nitrogen and oxygen atoms in total. The van der Waals surface area contributed by atoms with E-state index < -0.39 is 5.60 Å². The first kappa shape index (κ1) is 13.1. The van der Waals surface area contributed by atoms with Gasteiger partial charge in [-0.2, -0.15) is 0 Å². The molecule has 3 rings (SSSR count). The van der Waals surface area contributed by atoms with E-state index in [1.54, 1.807) is 24.7 Å². The summed E-state index contributed by atoms with van der Waals surface area (Å²) in [6.07, 6.45) is 2.73. The van der Waals surface area contributed by atoms with Gasteiger partial charge in [0.05, 0.1) is 12.7 Å². The second-order valence-electron chi connectivity index (χ2n) is 5.94. The molecule has 0 saturated heterocycles. The van der Waals surface area contributed by atoms with Crippen LogP contribution in [-0.4, -0.2) is 26.2 Å². The fraction of sp³-hybridized carbons (Fsp3) is 0.467. The Hall–Kier alpha value is -1.88. The van der Waals surface area contributed by atoms with Crippen LogP contribution in [-0.2, 0) is 18.6 Å². The van der Waals surface area contributed by atoms with E-state index in [9.17, 15) is 5.11 Å². The standard InChI is InChI=1S/C15H19N3O2/c1-10-4-5-13-11(6-10)7-12(20-13)8-18-9-14(16-17-18)15(2,3)19/h4-6,9,12,19H,7-8H2,1-3H3.